The van der Waals surface area contributed by atoms with Crippen LogP contribution in [0.5, 0.6) is 0 Å². The number of carbonyl (C=O) groups is 2. The van der Waals surface area contributed by atoms with Gasteiger partial charge >= 0.3 is 41.5 Å². The second kappa shape index (κ2) is 11.3. The van der Waals surface area contributed by atoms with Crippen molar-refractivity contribution in [1.29, 1.82) is 0 Å². The summed E-state index contributed by atoms with van der Waals surface area (Å²) in [6.45, 7) is 8.30. The van der Waals surface area contributed by atoms with Crippen LogP contribution in [0.2, 0.25) is 0 Å². The molecule has 0 aromatic carbocycles. The second-order valence-corrected chi connectivity index (χ2v) is 9.32. The van der Waals surface area contributed by atoms with Crippen molar-refractivity contribution < 1.29 is 53.7 Å². The predicted octanol–water partition coefficient (Wildman–Crippen LogP) is 0.568. The molecule has 30 heavy (non-hydrogen) atoms. The van der Waals surface area contributed by atoms with Gasteiger partial charge in [0, 0.05) is 12.3 Å². The molecule has 0 spiro atoms. The summed E-state index contributed by atoms with van der Waals surface area (Å²) in [6.07, 6.45) is 9.04. The summed E-state index contributed by atoms with van der Waals surface area (Å²) < 4.78 is 11.5. The van der Waals surface area contributed by atoms with Crippen LogP contribution in [-0.2, 0) is 19.1 Å². The Balaban J connectivity index is 0.00000320. The zero-order chi connectivity index (χ0) is 21.1. The van der Waals surface area contributed by atoms with E-state index >= 15 is 0 Å². The van der Waals surface area contributed by atoms with Crippen LogP contribution in [0.25, 0.3) is 0 Å². The van der Waals surface area contributed by atoms with Gasteiger partial charge in [0.25, 0.3) is 0 Å². The van der Waals surface area contributed by atoms with Crippen LogP contribution in [0.4, 0.5) is 0 Å². The first kappa shape index (κ1) is 25.6. The third-order valence-electron chi connectivity index (χ3n) is 6.92. The van der Waals surface area contributed by atoms with Gasteiger partial charge in [-0.15, -0.1) is 6.10 Å². The second-order valence-electron chi connectivity index (χ2n) is 9.32. The molecular weight excluding hydrogens is 391 g/mol. The molecule has 0 radical (unpaired) electrons. The van der Waals surface area contributed by atoms with Crippen molar-refractivity contribution in [2.45, 2.75) is 84.5 Å². The summed E-state index contributed by atoms with van der Waals surface area (Å²) in [5.41, 5.74) is 1.26. The van der Waals surface area contributed by atoms with Crippen LogP contribution in [0, 0.1) is 29.6 Å². The average Bonchev–Trinajstić information content (AvgIpc) is 2.65. The summed E-state index contributed by atoms with van der Waals surface area (Å²) in [7, 11) is 0. The third kappa shape index (κ3) is 6.21. The molecule has 0 aromatic heterocycles. The van der Waals surface area contributed by atoms with Gasteiger partial charge in [0.2, 0.25) is 0 Å². The van der Waals surface area contributed by atoms with Gasteiger partial charge in [-0.1, -0.05) is 45.9 Å². The number of esters is 2. The van der Waals surface area contributed by atoms with Gasteiger partial charge in [0.05, 0.1) is 5.92 Å². The topological polar surface area (TPSA) is 75.7 Å². The van der Waals surface area contributed by atoms with Gasteiger partial charge < -0.3 is 14.6 Å². The summed E-state index contributed by atoms with van der Waals surface area (Å²) in [5, 5.41) is 11.8. The molecule has 0 aromatic rings. The van der Waals surface area contributed by atoms with Crippen molar-refractivity contribution in [3.63, 3.8) is 0 Å². The number of carbonyl (C=O) groups excluding carboxylic acids is 2. The predicted molar refractivity (Wildman–Crippen MR) is 109 cm³/mol. The molecule has 0 N–H and O–H groups in total. The maximum atomic E-state index is 12.5. The number of rotatable bonds is 6. The van der Waals surface area contributed by atoms with Crippen molar-refractivity contribution in [2.24, 2.45) is 29.6 Å². The maximum Gasteiger partial charge on any atom is 1.00 e. The number of ether oxygens (including phenoxy) is 2. The molecule has 2 aliphatic carbocycles. The fourth-order valence-electron chi connectivity index (χ4n) is 5.05. The molecule has 1 fully saturated rings. The maximum absolute atomic E-state index is 12.5. The fourth-order valence-corrected chi connectivity index (χ4v) is 5.05. The summed E-state index contributed by atoms with van der Waals surface area (Å²) in [5.74, 6) is 0.617. The van der Waals surface area contributed by atoms with Crippen LogP contribution in [0.3, 0.4) is 0 Å². The molecular formula is C24H35NaO5. The molecule has 0 amide bonds. The Morgan fingerprint density at radius 1 is 1.30 bits per heavy atom. The standard InChI is InChI=1S/C24H35O5.Na/c1-5-15(3)24(27)29-21-11-14(2)10-17-7-6-16(4)20(23(17)21)9-8-19-12-18(25)13-22(26)28-19;/h6-7,10,14-16,18-21,23H,5,8-9,11-13H2,1-4H3;/q-1;+1/t14-,15-,16-,18+,19+,20-,21-,23?;/m0./s1. The summed E-state index contributed by atoms with van der Waals surface area (Å²) >= 11 is 0. The van der Waals surface area contributed by atoms with Crippen LogP contribution >= 0.6 is 0 Å². The van der Waals surface area contributed by atoms with Gasteiger partial charge in [-0.25, -0.2) is 0 Å². The largest absolute Gasteiger partial charge is 1.00 e. The molecule has 8 atom stereocenters. The van der Waals surface area contributed by atoms with Crippen molar-refractivity contribution in [3.05, 3.63) is 23.8 Å². The minimum atomic E-state index is -0.847. The van der Waals surface area contributed by atoms with E-state index < -0.39 is 6.10 Å². The zero-order valence-corrected chi connectivity index (χ0v) is 21.1. The summed E-state index contributed by atoms with van der Waals surface area (Å²) in [4.78, 5) is 24.2. The zero-order valence-electron chi connectivity index (χ0n) is 19.1. The quantitative estimate of drug-likeness (QED) is 0.459. The normalized spacial score (nSPS) is 36.6. The van der Waals surface area contributed by atoms with Gasteiger partial charge in [-0.2, -0.15) is 0 Å². The van der Waals surface area contributed by atoms with Gasteiger partial charge in [-0.3, -0.25) is 9.59 Å². The van der Waals surface area contributed by atoms with E-state index in [0.29, 0.717) is 30.6 Å². The SMILES string of the molecule is CC[C@H](C)C(=O)O[C@H]1C[C@@H](C)C=C2C=C[C@H](C)[C@H](CC[C@@H]3C[C@@H]([O-])CC(=O)O3)C21.[Na+]. The fraction of sp³-hybridized carbons (Fsp3) is 0.750. The molecule has 1 aliphatic heterocycles. The monoisotopic (exact) mass is 426 g/mol. The Morgan fingerprint density at radius 2 is 2.03 bits per heavy atom. The molecule has 0 bridgehead atoms. The van der Waals surface area contributed by atoms with Gasteiger partial charge in [0.15, 0.2) is 0 Å². The Hall–Kier alpha value is -0.620. The van der Waals surface area contributed by atoms with E-state index in [2.05, 4.69) is 32.1 Å². The van der Waals surface area contributed by atoms with Crippen molar-refractivity contribution >= 4 is 11.9 Å². The first-order valence-electron chi connectivity index (χ1n) is 11.2. The minimum Gasteiger partial charge on any atom is -0.851 e. The van der Waals surface area contributed by atoms with E-state index in [1.165, 1.54) is 5.57 Å². The molecule has 1 saturated heterocycles. The van der Waals surface area contributed by atoms with E-state index in [0.717, 1.165) is 19.3 Å². The third-order valence-corrected chi connectivity index (χ3v) is 6.92. The van der Waals surface area contributed by atoms with Crippen LogP contribution in [0.15, 0.2) is 23.8 Å². The molecule has 5 nitrogen and oxygen atoms in total. The molecule has 162 valence electrons. The first-order chi connectivity index (χ1) is 13.8. The molecule has 1 unspecified atom stereocenters. The van der Waals surface area contributed by atoms with Crippen molar-refractivity contribution in [3.8, 4) is 0 Å². The Bertz CT molecular complexity index is 673. The number of hydrogen-bond donors (Lipinski definition) is 0. The summed E-state index contributed by atoms with van der Waals surface area (Å²) in [6, 6.07) is 0. The molecule has 3 aliphatic rings. The van der Waals surface area contributed by atoms with Crippen LogP contribution in [-0.4, -0.2) is 30.3 Å². The minimum absolute atomic E-state index is 0. The number of cyclic esters (lactones) is 1. The van der Waals surface area contributed by atoms with Gasteiger partial charge in [0.1, 0.15) is 12.2 Å². The van der Waals surface area contributed by atoms with E-state index in [1.807, 2.05) is 13.8 Å². The number of allylic oxidation sites excluding steroid dienone is 3. The number of fused-ring (bicyclic) bond motifs is 1. The van der Waals surface area contributed by atoms with Crippen molar-refractivity contribution in [2.75, 3.05) is 0 Å². The smallest absolute Gasteiger partial charge is 0.851 e. The van der Waals surface area contributed by atoms with E-state index in [4.69, 9.17) is 9.47 Å². The average molecular weight is 427 g/mol. The van der Waals surface area contributed by atoms with Crippen LogP contribution in [0.1, 0.15) is 66.2 Å². The first-order valence-corrected chi connectivity index (χ1v) is 11.2. The Labute approximate surface area is 202 Å². The van der Waals surface area contributed by atoms with E-state index in [-0.39, 0.29) is 72.0 Å². The van der Waals surface area contributed by atoms with E-state index in [1.54, 1.807) is 0 Å². The van der Waals surface area contributed by atoms with Crippen molar-refractivity contribution in [1.82, 2.24) is 0 Å². The Morgan fingerprint density at radius 3 is 2.70 bits per heavy atom. The molecule has 1 heterocycles. The van der Waals surface area contributed by atoms with Crippen LogP contribution < -0.4 is 34.7 Å². The molecule has 0 saturated carbocycles. The van der Waals surface area contributed by atoms with Gasteiger partial charge in [-0.05, 0) is 55.4 Å². The van der Waals surface area contributed by atoms with E-state index in [9.17, 15) is 14.7 Å². The Kier molecular flexibility index (Phi) is 9.66. The molecule has 3 rings (SSSR count). The molecule has 6 heteroatoms. The number of hydrogen-bond acceptors (Lipinski definition) is 5.